The number of carbonyl (C=O) groups excluding carboxylic acids is 1. The first-order chi connectivity index (χ1) is 8.85. The Bertz CT molecular complexity index is 512. The van der Waals surface area contributed by atoms with E-state index in [2.05, 4.69) is 5.32 Å². The lowest BCUT2D eigenvalue weighted by molar-refractivity contribution is -0.149. The zero-order valence-electron chi connectivity index (χ0n) is 10.9. The number of hydrogen-bond acceptors (Lipinski definition) is 3. The van der Waals surface area contributed by atoms with E-state index >= 15 is 0 Å². The average Bonchev–Trinajstić information content (AvgIpc) is 2.36. The van der Waals surface area contributed by atoms with Gasteiger partial charge in [-0.05, 0) is 31.5 Å². The summed E-state index contributed by atoms with van der Waals surface area (Å²) in [6.45, 7) is 3.34. The van der Waals surface area contributed by atoms with E-state index in [4.69, 9.17) is 10.4 Å². The van der Waals surface area contributed by atoms with Gasteiger partial charge in [0.05, 0.1) is 17.0 Å². The molecule has 0 aliphatic heterocycles. The van der Waals surface area contributed by atoms with E-state index in [0.717, 1.165) is 5.56 Å². The van der Waals surface area contributed by atoms with Gasteiger partial charge in [-0.15, -0.1) is 0 Å². The Morgan fingerprint density at radius 2 is 1.89 bits per heavy atom. The van der Waals surface area contributed by atoms with Gasteiger partial charge in [0.25, 0.3) is 0 Å². The lowest BCUT2D eigenvalue weighted by atomic mass is 9.89. The van der Waals surface area contributed by atoms with E-state index in [-0.39, 0.29) is 12.3 Å². The van der Waals surface area contributed by atoms with Gasteiger partial charge in [0.2, 0.25) is 5.91 Å². The number of aliphatic carboxylic acids is 1. The molecule has 0 aromatic heterocycles. The van der Waals surface area contributed by atoms with Crippen LogP contribution in [0.1, 0.15) is 31.4 Å². The number of carboxylic acids is 1. The summed E-state index contributed by atoms with van der Waals surface area (Å²) in [5.74, 6) is -1.31. The number of amides is 1. The molecule has 0 radical (unpaired) electrons. The molecule has 1 aromatic carbocycles. The SMILES string of the molecule is CC(C)(CC(=O)NCc1ccc(C#N)cc1)C(=O)O. The molecular weight excluding hydrogens is 244 g/mol. The molecule has 19 heavy (non-hydrogen) atoms. The van der Waals surface area contributed by atoms with Gasteiger partial charge in [0.1, 0.15) is 0 Å². The molecule has 0 aliphatic rings. The number of carbonyl (C=O) groups is 2. The van der Waals surface area contributed by atoms with Crippen LogP contribution in [0.15, 0.2) is 24.3 Å². The summed E-state index contributed by atoms with van der Waals surface area (Å²) in [5.41, 5.74) is 0.344. The lowest BCUT2D eigenvalue weighted by Gasteiger charge is -2.18. The van der Waals surface area contributed by atoms with Crippen LogP contribution < -0.4 is 5.32 Å². The second kappa shape index (κ2) is 6.01. The van der Waals surface area contributed by atoms with Crippen molar-refractivity contribution in [3.05, 3.63) is 35.4 Å². The molecule has 1 rings (SSSR count). The Hall–Kier alpha value is -2.35. The van der Waals surface area contributed by atoms with Gasteiger partial charge in [0, 0.05) is 13.0 Å². The summed E-state index contributed by atoms with van der Waals surface area (Å²) in [6.07, 6.45) is -0.0708. The fourth-order valence-electron chi connectivity index (χ4n) is 1.44. The normalized spacial score (nSPS) is 10.6. The Morgan fingerprint density at radius 3 is 2.37 bits per heavy atom. The van der Waals surface area contributed by atoms with E-state index in [0.29, 0.717) is 12.1 Å². The van der Waals surface area contributed by atoms with Crippen LogP contribution in [-0.2, 0) is 16.1 Å². The number of hydrogen-bond donors (Lipinski definition) is 2. The minimum Gasteiger partial charge on any atom is -0.481 e. The van der Waals surface area contributed by atoms with E-state index in [1.165, 1.54) is 13.8 Å². The third-order valence-corrected chi connectivity index (χ3v) is 2.75. The molecule has 0 fully saturated rings. The van der Waals surface area contributed by atoms with Crippen molar-refractivity contribution in [1.82, 2.24) is 5.32 Å². The van der Waals surface area contributed by atoms with Gasteiger partial charge in [-0.2, -0.15) is 5.26 Å². The van der Waals surface area contributed by atoms with Crippen molar-refractivity contribution in [1.29, 1.82) is 5.26 Å². The van der Waals surface area contributed by atoms with Gasteiger partial charge in [-0.25, -0.2) is 0 Å². The molecule has 1 aromatic rings. The lowest BCUT2D eigenvalue weighted by Crippen LogP contribution is -2.33. The number of nitriles is 1. The van der Waals surface area contributed by atoms with Crippen LogP contribution in [0.5, 0.6) is 0 Å². The van der Waals surface area contributed by atoms with Crippen molar-refractivity contribution < 1.29 is 14.7 Å². The highest BCUT2D eigenvalue weighted by molar-refractivity contribution is 5.84. The monoisotopic (exact) mass is 260 g/mol. The van der Waals surface area contributed by atoms with Crippen molar-refractivity contribution in [2.75, 3.05) is 0 Å². The van der Waals surface area contributed by atoms with Crippen LogP contribution in [0.2, 0.25) is 0 Å². The molecule has 0 saturated heterocycles. The predicted molar refractivity (Wildman–Crippen MR) is 69.0 cm³/mol. The van der Waals surface area contributed by atoms with E-state index < -0.39 is 11.4 Å². The van der Waals surface area contributed by atoms with Crippen LogP contribution in [0, 0.1) is 16.7 Å². The van der Waals surface area contributed by atoms with Gasteiger partial charge >= 0.3 is 5.97 Å². The largest absolute Gasteiger partial charge is 0.481 e. The maximum atomic E-state index is 11.6. The smallest absolute Gasteiger partial charge is 0.309 e. The first-order valence-electron chi connectivity index (χ1n) is 5.84. The Morgan fingerprint density at radius 1 is 1.32 bits per heavy atom. The average molecular weight is 260 g/mol. The first kappa shape index (κ1) is 14.7. The standard InChI is InChI=1S/C14H16N2O3/c1-14(2,13(18)19)7-12(17)16-9-11-5-3-10(8-15)4-6-11/h3-6H,7,9H2,1-2H3,(H,16,17)(H,18,19). The fourth-order valence-corrected chi connectivity index (χ4v) is 1.44. The topological polar surface area (TPSA) is 90.2 Å². The molecule has 5 heteroatoms. The summed E-state index contributed by atoms with van der Waals surface area (Å²) >= 11 is 0. The molecule has 0 bridgehead atoms. The number of carboxylic acid groups (broad SMARTS) is 1. The minimum absolute atomic E-state index is 0.0708. The molecule has 0 unspecified atom stereocenters. The molecule has 0 spiro atoms. The van der Waals surface area contributed by atoms with Crippen molar-refractivity contribution in [2.24, 2.45) is 5.41 Å². The van der Waals surface area contributed by atoms with Crippen molar-refractivity contribution in [2.45, 2.75) is 26.8 Å². The highest BCUT2D eigenvalue weighted by Gasteiger charge is 2.29. The summed E-state index contributed by atoms with van der Waals surface area (Å²) in [6, 6.07) is 8.85. The Kier molecular flexibility index (Phi) is 4.65. The zero-order chi connectivity index (χ0) is 14.5. The van der Waals surface area contributed by atoms with E-state index in [9.17, 15) is 9.59 Å². The van der Waals surface area contributed by atoms with Crippen LogP contribution in [0.4, 0.5) is 0 Å². The maximum Gasteiger partial charge on any atom is 0.309 e. The van der Waals surface area contributed by atoms with Gasteiger partial charge in [0.15, 0.2) is 0 Å². The number of rotatable bonds is 5. The molecular formula is C14H16N2O3. The van der Waals surface area contributed by atoms with Crippen LogP contribution in [0.3, 0.4) is 0 Å². The predicted octanol–water partition coefficient (Wildman–Crippen LogP) is 1.68. The maximum absolute atomic E-state index is 11.6. The van der Waals surface area contributed by atoms with Crippen LogP contribution in [-0.4, -0.2) is 17.0 Å². The second-order valence-electron chi connectivity index (χ2n) is 4.95. The zero-order valence-corrected chi connectivity index (χ0v) is 10.9. The third-order valence-electron chi connectivity index (χ3n) is 2.75. The van der Waals surface area contributed by atoms with Crippen molar-refractivity contribution in [3.8, 4) is 6.07 Å². The summed E-state index contributed by atoms with van der Waals surface area (Å²) in [7, 11) is 0. The van der Waals surface area contributed by atoms with Gasteiger partial charge in [-0.1, -0.05) is 12.1 Å². The molecule has 2 N–H and O–H groups in total. The highest BCUT2D eigenvalue weighted by atomic mass is 16.4. The Labute approximate surface area is 111 Å². The molecule has 100 valence electrons. The second-order valence-corrected chi connectivity index (χ2v) is 4.95. The third kappa shape index (κ3) is 4.43. The molecule has 0 aliphatic carbocycles. The summed E-state index contributed by atoms with van der Waals surface area (Å²) in [5, 5.41) is 20.2. The fraction of sp³-hybridized carbons (Fsp3) is 0.357. The van der Waals surface area contributed by atoms with E-state index in [1.807, 2.05) is 6.07 Å². The quantitative estimate of drug-likeness (QED) is 0.842. The highest BCUT2D eigenvalue weighted by Crippen LogP contribution is 2.20. The molecule has 5 nitrogen and oxygen atoms in total. The molecule has 0 heterocycles. The van der Waals surface area contributed by atoms with E-state index in [1.54, 1.807) is 24.3 Å². The molecule has 1 amide bonds. The summed E-state index contributed by atoms with van der Waals surface area (Å²) < 4.78 is 0. The number of benzene rings is 1. The van der Waals surface area contributed by atoms with Gasteiger partial charge < -0.3 is 10.4 Å². The minimum atomic E-state index is -1.07. The first-order valence-corrected chi connectivity index (χ1v) is 5.84. The van der Waals surface area contributed by atoms with Crippen LogP contribution in [0.25, 0.3) is 0 Å². The Balaban J connectivity index is 2.50. The molecule has 0 saturated carbocycles. The van der Waals surface area contributed by atoms with Gasteiger partial charge in [-0.3, -0.25) is 9.59 Å². The van der Waals surface area contributed by atoms with Crippen LogP contribution >= 0.6 is 0 Å². The summed E-state index contributed by atoms with van der Waals surface area (Å²) in [4.78, 5) is 22.5. The van der Waals surface area contributed by atoms with Crippen molar-refractivity contribution >= 4 is 11.9 Å². The molecule has 0 atom stereocenters. The van der Waals surface area contributed by atoms with Crippen molar-refractivity contribution in [3.63, 3.8) is 0 Å². The number of nitrogens with one attached hydrogen (secondary N) is 1. The number of nitrogens with zero attached hydrogens (tertiary/aromatic N) is 1.